The molecule has 0 saturated carbocycles. The van der Waals surface area contributed by atoms with Gasteiger partial charge in [0.15, 0.2) is 0 Å². The number of piperazine rings is 1. The fraction of sp³-hybridized carbons (Fsp3) is 0.375. The van der Waals surface area contributed by atoms with Gasteiger partial charge in [0.05, 0.1) is 15.9 Å². The maximum atomic E-state index is 13.1. The van der Waals surface area contributed by atoms with E-state index in [9.17, 15) is 13.2 Å². The zero-order valence-corrected chi connectivity index (χ0v) is 14.9. The molecule has 130 valence electrons. The molecule has 3 rings (SSSR count). The van der Waals surface area contributed by atoms with Gasteiger partial charge in [-0.15, -0.1) is 11.3 Å². The highest BCUT2D eigenvalue weighted by Gasteiger charge is 2.33. The van der Waals surface area contributed by atoms with E-state index in [1.165, 1.54) is 17.4 Å². The van der Waals surface area contributed by atoms with Gasteiger partial charge in [-0.2, -0.15) is 13.2 Å². The third-order valence-corrected chi connectivity index (χ3v) is 5.63. The molecule has 2 heterocycles. The lowest BCUT2D eigenvalue weighted by molar-refractivity contribution is -0.137. The molecule has 0 bridgehead atoms. The van der Waals surface area contributed by atoms with Crippen molar-refractivity contribution in [2.24, 2.45) is 0 Å². The van der Waals surface area contributed by atoms with E-state index in [2.05, 4.69) is 10.2 Å². The second-order valence-electron chi connectivity index (χ2n) is 5.56. The van der Waals surface area contributed by atoms with Crippen molar-refractivity contribution in [2.75, 3.05) is 26.2 Å². The average Bonchev–Trinajstić information content (AvgIpc) is 2.95. The summed E-state index contributed by atoms with van der Waals surface area (Å²) < 4.78 is 40.0. The zero-order valence-electron chi connectivity index (χ0n) is 12.5. The Hall–Kier alpha value is -0.790. The predicted octanol–water partition coefficient (Wildman–Crippen LogP) is 5.07. The van der Waals surface area contributed by atoms with E-state index in [0.29, 0.717) is 14.9 Å². The van der Waals surface area contributed by atoms with Crippen LogP contribution in [0.15, 0.2) is 30.3 Å². The number of benzene rings is 1. The first-order valence-corrected chi connectivity index (χ1v) is 9.00. The van der Waals surface area contributed by atoms with Crippen LogP contribution in [-0.2, 0) is 6.18 Å². The molecule has 0 radical (unpaired) electrons. The minimum absolute atomic E-state index is 0.330. The van der Waals surface area contributed by atoms with E-state index in [1.54, 1.807) is 6.07 Å². The maximum absolute atomic E-state index is 13.1. The van der Waals surface area contributed by atoms with Crippen LogP contribution >= 0.6 is 34.5 Å². The number of nitrogens with zero attached hydrogens (tertiary/aromatic N) is 1. The Morgan fingerprint density at radius 2 is 1.79 bits per heavy atom. The molecule has 2 nitrogen and oxygen atoms in total. The summed E-state index contributed by atoms with van der Waals surface area (Å²) >= 11 is 13.7. The van der Waals surface area contributed by atoms with Crippen molar-refractivity contribution in [3.8, 4) is 0 Å². The molecule has 2 aromatic rings. The van der Waals surface area contributed by atoms with Gasteiger partial charge in [0.1, 0.15) is 0 Å². The fourth-order valence-corrected chi connectivity index (χ4v) is 4.31. The molecule has 1 atom stereocenters. The first kappa shape index (κ1) is 18.0. The Morgan fingerprint density at radius 1 is 1.08 bits per heavy atom. The number of thiophene rings is 1. The minimum atomic E-state index is -4.40. The second kappa shape index (κ2) is 7.22. The van der Waals surface area contributed by atoms with Gasteiger partial charge in [0.2, 0.25) is 0 Å². The lowest BCUT2D eigenvalue weighted by atomic mass is 10.00. The first-order valence-electron chi connectivity index (χ1n) is 7.43. The SMILES string of the molecule is FC(F)(F)c1ccc(Cl)c([C@H](c2ccc(Cl)s2)N2CCNCC2)c1. The van der Waals surface area contributed by atoms with E-state index in [0.717, 1.165) is 43.2 Å². The third-order valence-electron chi connectivity index (χ3n) is 4.00. The van der Waals surface area contributed by atoms with E-state index in [1.807, 2.05) is 6.07 Å². The Kier molecular flexibility index (Phi) is 5.42. The summed E-state index contributed by atoms with van der Waals surface area (Å²) in [5, 5.41) is 3.58. The van der Waals surface area contributed by atoms with Gasteiger partial charge in [-0.25, -0.2) is 0 Å². The maximum Gasteiger partial charge on any atom is 0.416 e. The molecule has 1 aromatic heterocycles. The van der Waals surface area contributed by atoms with Crippen molar-refractivity contribution in [3.63, 3.8) is 0 Å². The predicted molar refractivity (Wildman–Crippen MR) is 92.1 cm³/mol. The number of nitrogens with one attached hydrogen (secondary N) is 1. The van der Waals surface area contributed by atoms with Gasteiger partial charge >= 0.3 is 6.18 Å². The highest BCUT2D eigenvalue weighted by atomic mass is 35.5. The van der Waals surface area contributed by atoms with Crippen LogP contribution in [-0.4, -0.2) is 31.1 Å². The van der Waals surface area contributed by atoms with Crippen molar-refractivity contribution in [1.29, 1.82) is 0 Å². The summed E-state index contributed by atoms with van der Waals surface area (Å²) in [6, 6.07) is 6.78. The van der Waals surface area contributed by atoms with Crippen molar-refractivity contribution in [2.45, 2.75) is 12.2 Å². The van der Waals surface area contributed by atoms with Crippen LogP contribution in [0.4, 0.5) is 13.2 Å². The van der Waals surface area contributed by atoms with Gasteiger partial charge in [-0.3, -0.25) is 4.90 Å². The van der Waals surface area contributed by atoms with Crippen molar-refractivity contribution in [1.82, 2.24) is 10.2 Å². The summed E-state index contributed by atoms with van der Waals surface area (Å²) in [6.45, 7) is 3.03. The summed E-state index contributed by atoms with van der Waals surface area (Å²) in [5.41, 5.74) is -0.225. The molecule has 0 unspecified atom stereocenters. The molecule has 0 amide bonds. The molecule has 24 heavy (non-hydrogen) atoms. The van der Waals surface area contributed by atoms with Crippen LogP contribution in [0, 0.1) is 0 Å². The van der Waals surface area contributed by atoms with Crippen molar-refractivity contribution >= 4 is 34.5 Å². The Morgan fingerprint density at radius 3 is 2.38 bits per heavy atom. The standard InChI is InChI=1S/C16H15Cl2F3N2S/c17-12-2-1-10(16(19,20)21)9-11(12)15(13-3-4-14(18)24-13)23-7-5-22-6-8-23/h1-4,9,15,22H,5-8H2/t15-/m1/s1. The van der Waals surface area contributed by atoms with Gasteiger partial charge < -0.3 is 5.32 Å². The Balaban J connectivity index is 2.08. The van der Waals surface area contributed by atoms with Crippen LogP contribution < -0.4 is 5.32 Å². The molecule has 1 fully saturated rings. The number of alkyl halides is 3. The Labute approximate surface area is 152 Å². The largest absolute Gasteiger partial charge is 0.416 e. The lowest BCUT2D eigenvalue weighted by Crippen LogP contribution is -2.45. The van der Waals surface area contributed by atoms with Crippen molar-refractivity contribution in [3.05, 3.63) is 55.7 Å². The zero-order chi connectivity index (χ0) is 17.3. The van der Waals surface area contributed by atoms with Crippen molar-refractivity contribution < 1.29 is 13.2 Å². The molecule has 1 aliphatic rings. The second-order valence-corrected chi connectivity index (χ2v) is 7.72. The summed E-state index contributed by atoms with van der Waals surface area (Å²) in [7, 11) is 0. The van der Waals surface area contributed by atoms with Crippen LogP contribution in [0.5, 0.6) is 0 Å². The number of hydrogen-bond acceptors (Lipinski definition) is 3. The molecular weight excluding hydrogens is 380 g/mol. The highest BCUT2D eigenvalue weighted by Crippen LogP contribution is 2.40. The van der Waals surface area contributed by atoms with E-state index in [4.69, 9.17) is 23.2 Å². The molecule has 0 spiro atoms. The normalized spacial score (nSPS) is 17.9. The van der Waals surface area contributed by atoms with E-state index in [-0.39, 0.29) is 6.04 Å². The minimum Gasteiger partial charge on any atom is -0.314 e. The van der Waals surface area contributed by atoms with Gasteiger partial charge in [0.25, 0.3) is 0 Å². The quantitative estimate of drug-likeness (QED) is 0.781. The molecule has 1 saturated heterocycles. The number of hydrogen-bond donors (Lipinski definition) is 1. The fourth-order valence-electron chi connectivity index (χ4n) is 2.88. The van der Waals surface area contributed by atoms with Gasteiger partial charge in [-0.1, -0.05) is 23.2 Å². The van der Waals surface area contributed by atoms with Crippen LogP contribution in [0.2, 0.25) is 9.36 Å². The van der Waals surface area contributed by atoms with Gasteiger partial charge in [-0.05, 0) is 35.9 Å². The molecule has 0 aliphatic carbocycles. The number of rotatable bonds is 3. The molecular formula is C16H15Cl2F3N2S. The topological polar surface area (TPSA) is 15.3 Å². The molecule has 8 heteroatoms. The van der Waals surface area contributed by atoms with Gasteiger partial charge in [0, 0.05) is 36.1 Å². The summed E-state index contributed by atoms with van der Waals surface area (Å²) in [4.78, 5) is 3.03. The highest BCUT2D eigenvalue weighted by molar-refractivity contribution is 7.16. The smallest absolute Gasteiger partial charge is 0.314 e. The van der Waals surface area contributed by atoms with Crippen LogP contribution in [0.3, 0.4) is 0 Å². The monoisotopic (exact) mass is 394 g/mol. The Bertz CT molecular complexity index is 712. The van der Waals surface area contributed by atoms with Crippen LogP contribution in [0.25, 0.3) is 0 Å². The molecule has 1 aliphatic heterocycles. The van der Waals surface area contributed by atoms with E-state index < -0.39 is 11.7 Å². The lowest BCUT2D eigenvalue weighted by Gasteiger charge is -2.35. The summed E-state index contributed by atoms with van der Waals surface area (Å²) in [6.07, 6.45) is -4.40. The van der Waals surface area contributed by atoms with E-state index >= 15 is 0 Å². The summed E-state index contributed by atoms with van der Waals surface area (Å²) in [5.74, 6) is 0. The molecule has 1 N–H and O–H groups in total. The molecule has 1 aromatic carbocycles. The number of halogens is 5. The van der Waals surface area contributed by atoms with Crippen LogP contribution in [0.1, 0.15) is 22.0 Å². The average molecular weight is 395 g/mol. The third kappa shape index (κ3) is 3.89. The first-order chi connectivity index (χ1) is 11.4.